The lowest BCUT2D eigenvalue weighted by Gasteiger charge is -2.36. The molecular formula is C23H23F3N6O2. The van der Waals surface area contributed by atoms with E-state index in [0.717, 1.165) is 11.3 Å². The molecule has 5 rings (SSSR count). The molecule has 0 radical (unpaired) electrons. The highest BCUT2D eigenvalue weighted by molar-refractivity contribution is 5.84. The van der Waals surface area contributed by atoms with Crippen LogP contribution in [0.1, 0.15) is 17.2 Å². The number of aromatic nitrogens is 4. The zero-order chi connectivity index (χ0) is 23.9. The highest BCUT2D eigenvalue weighted by Crippen LogP contribution is 2.43. The average molecular weight is 472 g/mol. The SMILES string of the molecule is C=C1N(Cc2ccc(OC)cc2)c2ncc(C(N3CCOCC3)C(F)(F)F)cc2-c2ncnn21. The molecule has 0 saturated carbocycles. The lowest BCUT2D eigenvalue weighted by atomic mass is 10.0. The van der Waals surface area contributed by atoms with Gasteiger partial charge in [0, 0.05) is 19.3 Å². The van der Waals surface area contributed by atoms with Crippen LogP contribution in [-0.2, 0) is 11.3 Å². The number of nitrogens with zero attached hydrogens (tertiary/aromatic N) is 6. The van der Waals surface area contributed by atoms with Crippen molar-refractivity contribution in [1.29, 1.82) is 0 Å². The van der Waals surface area contributed by atoms with Crippen molar-refractivity contribution >= 4 is 11.6 Å². The van der Waals surface area contributed by atoms with E-state index in [1.165, 1.54) is 28.2 Å². The fourth-order valence-electron chi connectivity index (χ4n) is 4.38. The summed E-state index contributed by atoms with van der Waals surface area (Å²) in [5.74, 6) is 2.12. The van der Waals surface area contributed by atoms with Crippen LogP contribution >= 0.6 is 0 Å². The van der Waals surface area contributed by atoms with E-state index < -0.39 is 12.2 Å². The normalized spacial score (nSPS) is 17.3. The van der Waals surface area contributed by atoms with Crippen molar-refractivity contribution in [2.45, 2.75) is 18.8 Å². The number of methoxy groups -OCH3 is 1. The first-order valence-corrected chi connectivity index (χ1v) is 10.8. The first kappa shape index (κ1) is 22.4. The monoisotopic (exact) mass is 472 g/mol. The predicted molar refractivity (Wildman–Crippen MR) is 119 cm³/mol. The minimum Gasteiger partial charge on any atom is -0.497 e. The molecule has 0 amide bonds. The van der Waals surface area contributed by atoms with Gasteiger partial charge in [0.15, 0.2) is 5.82 Å². The smallest absolute Gasteiger partial charge is 0.408 e. The number of halogens is 3. The number of benzene rings is 1. The van der Waals surface area contributed by atoms with E-state index in [0.29, 0.717) is 29.6 Å². The van der Waals surface area contributed by atoms with Crippen molar-refractivity contribution in [1.82, 2.24) is 24.6 Å². The van der Waals surface area contributed by atoms with Gasteiger partial charge in [-0.05, 0) is 29.3 Å². The zero-order valence-corrected chi connectivity index (χ0v) is 18.5. The van der Waals surface area contributed by atoms with E-state index in [2.05, 4.69) is 21.6 Å². The van der Waals surface area contributed by atoms with Crippen molar-refractivity contribution in [2.24, 2.45) is 0 Å². The Hall–Kier alpha value is -3.44. The fourth-order valence-corrected chi connectivity index (χ4v) is 4.38. The number of morpholine rings is 1. The Kier molecular flexibility index (Phi) is 5.74. The summed E-state index contributed by atoms with van der Waals surface area (Å²) in [5, 5.41) is 4.24. The Labute approximate surface area is 194 Å². The Morgan fingerprint density at radius 2 is 1.88 bits per heavy atom. The molecule has 0 spiro atoms. The molecular weight excluding hydrogens is 449 g/mol. The molecule has 2 aromatic heterocycles. The Balaban J connectivity index is 1.55. The molecule has 0 bridgehead atoms. The van der Waals surface area contributed by atoms with E-state index in [1.807, 2.05) is 29.2 Å². The molecule has 1 unspecified atom stereocenters. The Morgan fingerprint density at radius 1 is 1.15 bits per heavy atom. The number of alkyl halides is 3. The van der Waals surface area contributed by atoms with Gasteiger partial charge in [0.1, 0.15) is 29.8 Å². The number of hydrogen-bond acceptors (Lipinski definition) is 7. The van der Waals surface area contributed by atoms with Crippen molar-refractivity contribution in [2.75, 3.05) is 38.3 Å². The molecule has 0 N–H and O–H groups in total. The molecule has 178 valence electrons. The third-order valence-electron chi connectivity index (χ3n) is 6.02. The minimum atomic E-state index is -4.47. The first-order valence-electron chi connectivity index (χ1n) is 10.8. The molecule has 11 heteroatoms. The molecule has 1 saturated heterocycles. The number of ether oxygens (including phenoxy) is 2. The van der Waals surface area contributed by atoms with Crippen LogP contribution in [0.4, 0.5) is 19.0 Å². The summed E-state index contributed by atoms with van der Waals surface area (Å²) in [5.41, 5.74) is 1.47. The van der Waals surface area contributed by atoms with Crippen LogP contribution in [0.15, 0.2) is 49.4 Å². The van der Waals surface area contributed by atoms with Crippen LogP contribution in [0.3, 0.4) is 0 Å². The molecule has 2 aliphatic heterocycles. The molecule has 2 aliphatic rings. The second kappa shape index (κ2) is 8.73. The molecule has 0 aliphatic carbocycles. The van der Waals surface area contributed by atoms with E-state index >= 15 is 0 Å². The van der Waals surface area contributed by atoms with Crippen molar-refractivity contribution in [3.8, 4) is 17.1 Å². The highest BCUT2D eigenvalue weighted by atomic mass is 19.4. The minimum absolute atomic E-state index is 0.0552. The quantitative estimate of drug-likeness (QED) is 0.561. The van der Waals surface area contributed by atoms with Gasteiger partial charge in [-0.1, -0.05) is 18.7 Å². The van der Waals surface area contributed by atoms with Gasteiger partial charge >= 0.3 is 6.18 Å². The van der Waals surface area contributed by atoms with Crippen LogP contribution in [0.2, 0.25) is 0 Å². The molecule has 1 fully saturated rings. The average Bonchev–Trinajstić information content (AvgIpc) is 3.33. The van der Waals surface area contributed by atoms with Crippen molar-refractivity contribution in [3.63, 3.8) is 0 Å². The summed E-state index contributed by atoms with van der Waals surface area (Å²) >= 11 is 0. The lowest BCUT2D eigenvalue weighted by Crippen LogP contribution is -2.45. The van der Waals surface area contributed by atoms with E-state index in [1.54, 1.807) is 7.11 Å². The zero-order valence-electron chi connectivity index (χ0n) is 18.5. The summed E-state index contributed by atoms with van der Waals surface area (Å²) in [6, 6.07) is 7.24. The maximum absolute atomic E-state index is 14.2. The van der Waals surface area contributed by atoms with Gasteiger partial charge in [0.2, 0.25) is 0 Å². The second-order valence-electron chi connectivity index (χ2n) is 8.08. The van der Waals surface area contributed by atoms with E-state index in [9.17, 15) is 13.2 Å². The Bertz CT molecular complexity index is 1190. The molecule has 4 heterocycles. The van der Waals surface area contributed by atoms with Gasteiger partial charge in [-0.15, -0.1) is 0 Å². The summed E-state index contributed by atoms with van der Waals surface area (Å²) in [4.78, 5) is 12.0. The summed E-state index contributed by atoms with van der Waals surface area (Å²) in [7, 11) is 1.59. The number of fused-ring (bicyclic) bond motifs is 3. The second-order valence-corrected chi connectivity index (χ2v) is 8.08. The Morgan fingerprint density at radius 3 is 2.56 bits per heavy atom. The van der Waals surface area contributed by atoms with Crippen molar-refractivity contribution < 1.29 is 22.6 Å². The topological polar surface area (TPSA) is 68.5 Å². The van der Waals surface area contributed by atoms with Gasteiger partial charge in [0.25, 0.3) is 0 Å². The molecule has 1 aromatic carbocycles. The van der Waals surface area contributed by atoms with Gasteiger partial charge in [0.05, 0.1) is 32.4 Å². The van der Waals surface area contributed by atoms with Crippen LogP contribution in [0.25, 0.3) is 17.2 Å². The maximum atomic E-state index is 14.2. The van der Waals surface area contributed by atoms with Crippen molar-refractivity contribution in [3.05, 3.63) is 60.6 Å². The highest BCUT2D eigenvalue weighted by Gasteiger charge is 2.46. The lowest BCUT2D eigenvalue weighted by molar-refractivity contribution is -0.194. The third-order valence-corrected chi connectivity index (χ3v) is 6.02. The molecule has 1 atom stereocenters. The van der Waals surface area contributed by atoms with E-state index in [4.69, 9.17) is 9.47 Å². The maximum Gasteiger partial charge on any atom is 0.408 e. The van der Waals surface area contributed by atoms with Gasteiger partial charge in [-0.2, -0.15) is 23.0 Å². The number of pyridine rings is 1. The standard InChI is InChI=1S/C23H23F3N6O2/c1-15-31(13-16-3-5-18(33-2)6-4-16)21-19(22-28-14-29-32(15)22)11-17(12-27-21)20(23(24,25)26)30-7-9-34-10-8-30/h3-6,11-12,14,20H,1,7-10,13H2,2H3. The number of anilines is 1. The van der Waals surface area contributed by atoms with Crippen LogP contribution < -0.4 is 9.64 Å². The summed E-state index contributed by atoms with van der Waals surface area (Å²) in [6.07, 6.45) is -1.81. The van der Waals surface area contributed by atoms with Crippen LogP contribution in [0.5, 0.6) is 5.75 Å². The predicted octanol–water partition coefficient (Wildman–Crippen LogP) is 3.73. The van der Waals surface area contributed by atoms with Crippen LogP contribution in [0, 0.1) is 0 Å². The van der Waals surface area contributed by atoms with Gasteiger partial charge < -0.3 is 14.4 Å². The molecule has 34 heavy (non-hydrogen) atoms. The number of rotatable bonds is 5. The van der Waals surface area contributed by atoms with Crippen LogP contribution in [-0.4, -0.2) is 64.2 Å². The first-order chi connectivity index (χ1) is 16.4. The third kappa shape index (κ3) is 4.01. The molecule has 3 aromatic rings. The molecule has 8 nitrogen and oxygen atoms in total. The van der Waals surface area contributed by atoms with Gasteiger partial charge in [-0.25, -0.2) is 9.97 Å². The fraction of sp³-hybridized carbons (Fsp3) is 0.348. The van der Waals surface area contributed by atoms with E-state index in [-0.39, 0.29) is 31.9 Å². The summed E-state index contributed by atoms with van der Waals surface area (Å²) in [6.45, 7) is 5.43. The number of hydrogen-bond donors (Lipinski definition) is 0. The largest absolute Gasteiger partial charge is 0.497 e. The summed E-state index contributed by atoms with van der Waals surface area (Å²) < 4.78 is 54.5. The van der Waals surface area contributed by atoms with Gasteiger partial charge in [-0.3, -0.25) is 4.90 Å².